The third-order valence-electron chi connectivity index (χ3n) is 2.32. The Kier molecular flexibility index (Phi) is 5.31. The van der Waals surface area contributed by atoms with Crippen molar-refractivity contribution >= 4 is 11.9 Å². The molecular formula is C11H12F2N2O4. The highest BCUT2D eigenvalue weighted by Gasteiger charge is 2.18. The number of nitrogens with one attached hydrogen (secondary N) is 1. The molecule has 104 valence electrons. The summed E-state index contributed by atoms with van der Waals surface area (Å²) in [4.78, 5) is 25.1. The van der Waals surface area contributed by atoms with Crippen LogP contribution in [0.5, 0.6) is 0 Å². The number of amides is 1. The maximum atomic E-state index is 13.2. The zero-order valence-corrected chi connectivity index (χ0v) is 10.0. The standard InChI is InChI=1S/C11H12F2N2O4/c1-19-6(4-8(16)17)5-15-11(18)7-2-3-14-10(13)9(7)12/h2-3,6H,4-5H2,1H3,(H,15,18)(H,16,17). The van der Waals surface area contributed by atoms with Crippen molar-refractivity contribution in [2.75, 3.05) is 13.7 Å². The highest BCUT2D eigenvalue weighted by molar-refractivity contribution is 5.94. The lowest BCUT2D eigenvalue weighted by atomic mass is 10.2. The highest BCUT2D eigenvalue weighted by atomic mass is 19.2. The van der Waals surface area contributed by atoms with Gasteiger partial charge in [-0.05, 0) is 6.07 Å². The Labute approximate surface area is 107 Å². The minimum atomic E-state index is -1.37. The topological polar surface area (TPSA) is 88.5 Å². The van der Waals surface area contributed by atoms with Crippen molar-refractivity contribution in [2.45, 2.75) is 12.5 Å². The van der Waals surface area contributed by atoms with E-state index in [0.717, 1.165) is 12.3 Å². The van der Waals surface area contributed by atoms with Gasteiger partial charge in [0.05, 0.1) is 18.1 Å². The molecule has 0 saturated heterocycles. The summed E-state index contributed by atoms with van der Waals surface area (Å²) in [6.45, 7) is -0.134. The molecule has 1 heterocycles. The second-order valence-electron chi connectivity index (χ2n) is 3.63. The van der Waals surface area contributed by atoms with E-state index in [1.165, 1.54) is 7.11 Å². The predicted octanol–water partition coefficient (Wildman–Crippen LogP) is 0.579. The fraction of sp³-hybridized carbons (Fsp3) is 0.364. The van der Waals surface area contributed by atoms with Crippen molar-refractivity contribution in [3.8, 4) is 0 Å². The van der Waals surface area contributed by atoms with Gasteiger partial charge in [-0.3, -0.25) is 9.59 Å². The molecule has 1 rings (SSSR count). The van der Waals surface area contributed by atoms with E-state index in [1.54, 1.807) is 0 Å². The maximum absolute atomic E-state index is 13.2. The van der Waals surface area contributed by atoms with E-state index in [2.05, 4.69) is 10.3 Å². The van der Waals surface area contributed by atoms with Gasteiger partial charge in [0.25, 0.3) is 5.91 Å². The van der Waals surface area contributed by atoms with Crippen molar-refractivity contribution in [1.29, 1.82) is 0 Å². The first-order valence-corrected chi connectivity index (χ1v) is 5.28. The number of carboxylic acid groups (broad SMARTS) is 1. The van der Waals surface area contributed by atoms with E-state index in [1.807, 2.05) is 0 Å². The Morgan fingerprint density at radius 3 is 2.79 bits per heavy atom. The maximum Gasteiger partial charge on any atom is 0.306 e. The molecule has 0 aliphatic rings. The number of nitrogens with zero attached hydrogens (tertiary/aromatic N) is 1. The van der Waals surface area contributed by atoms with Crippen LogP contribution in [-0.2, 0) is 9.53 Å². The summed E-state index contributed by atoms with van der Waals surface area (Å²) in [5.41, 5.74) is -0.502. The van der Waals surface area contributed by atoms with Gasteiger partial charge in [0.2, 0.25) is 5.95 Å². The summed E-state index contributed by atoms with van der Waals surface area (Å²) in [6.07, 6.45) is -0.112. The molecule has 1 aromatic heterocycles. The minimum absolute atomic E-state index is 0.134. The molecular weight excluding hydrogens is 262 g/mol. The molecule has 6 nitrogen and oxygen atoms in total. The predicted molar refractivity (Wildman–Crippen MR) is 59.5 cm³/mol. The Balaban J connectivity index is 2.64. The summed E-state index contributed by atoms with van der Waals surface area (Å²) in [5.74, 6) is -4.69. The lowest BCUT2D eigenvalue weighted by Gasteiger charge is -2.14. The molecule has 0 aromatic carbocycles. The van der Waals surface area contributed by atoms with Crippen LogP contribution in [0.2, 0.25) is 0 Å². The molecule has 2 N–H and O–H groups in total. The van der Waals surface area contributed by atoms with Crippen LogP contribution in [0.25, 0.3) is 0 Å². The second-order valence-corrected chi connectivity index (χ2v) is 3.63. The number of hydrogen-bond donors (Lipinski definition) is 2. The molecule has 1 aromatic rings. The van der Waals surface area contributed by atoms with Crippen LogP contribution in [0.15, 0.2) is 12.3 Å². The van der Waals surface area contributed by atoms with E-state index in [4.69, 9.17) is 9.84 Å². The summed E-state index contributed by atoms with van der Waals surface area (Å²) >= 11 is 0. The van der Waals surface area contributed by atoms with Crippen molar-refractivity contribution in [3.05, 3.63) is 29.6 Å². The second kappa shape index (κ2) is 6.74. The first-order valence-electron chi connectivity index (χ1n) is 5.28. The Bertz CT molecular complexity index is 482. The van der Waals surface area contributed by atoms with Gasteiger partial charge in [0.1, 0.15) is 0 Å². The van der Waals surface area contributed by atoms with Crippen LogP contribution in [-0.4, -0.2) is 41.7 Å². The monoisotopic (exact) mass is 274 g/mol. The molecule has 1 unspecified atom stereocenters. The Morgan fingerprint density at radius 1 is 1.53 bits per heavy atom. The van der Waals surface area contributed by atoms with E-state index >= 15 is 0 Å². The van der Waals surface area contributed by atoms with Crippen LogP contribution < -0.4 is 5.32 Å². The van der Waals surface area contributed by atoms with Gasteiger partial charge < -0.3 is 15.2 Å². The molecule has 0 saturated carbocycles. The smallest absolute Gasteiger partial charge is 0.306 e. The van der Waals surface area contributed by atoms with Crippen molar-refractivity contribution < 1.29 is 28.2 Å². The number of ether oxygens (including phenoxy) is 1. The third kappa shape index (κ3) is 4.25. The molecule has 0 bridgehead atoms. The zero-order valence-electron chi connectivity index (χ0n) is 10.0. The van der Waals surface area contributed by atoms with Crippen molar-refractivity contribution in [3.63, 3.8) is 0 Å². The number of carbonyl (C=O) groups is 2. The van der Waals surface area contributed by atoms with Crippen LogP contribution >= 0.6 is 0 Å². The number of carboxylic acids is 1. The highest BCUT2D eigenvalue weighted by Crippen LogP contribution is 2.08. The van der Waals surface area contributed by atoms with Gasteiger partial charge in [0.15, 0.2) is 5.82 Å². The van der Waals surface area contributed by atoms with Gasteiger partial charge in [-0.25, -0.2) is 9.37 Å². The van der Waals surface area contributed by atoms with E-state index in [0.29, 0.717) is 0 Å². The number of methoxy groups -OCH3 is 1. The SMILES string of the molecule is COC(CNC(=O)c1ccnc(F)c1F)CC(=O)O. The van der Waals surface area contributed by atoms with E-state index in [-0.39, 0.29) is 13.0 Å². The molecule has 0 aliphatic carbocycles. The number of pyridine rings is 1. The number of hydrogen-bond acceptors (Lipinski definition) is 4. The summed E-state index contributed by atoms with van der Waals surface area (Å²) < 4.78 is 30.9. The Hall–Kier alpha value is -2.09. The molecule has 0 fully saturated rings. The number of aliphatic carboxylic acids is 1. The van der Waals surface area contributed by atoms with Crippen LogP contribution in [0.3, 0.4) is 0 Å². The summed E-state index contributed by atoms with van der Waals surface area (Å²) in [6, 6.07) is 1.02. The lowest BCUT2D eigenvalue weighted by Crippen LogP contribution is -2.35. The molecule has 1 amide bonds. The first kappa shape index (κ1) is 15.0. The fourth-order valence-corrected chi connectivity index (χ4v) is 1.33. The normalized spacial score (nSPS) is 11.9. The van der Waals surface area contributed by atoms with Crippen molar-refractivity contribution in [2.24, 2.45) is 0 Å². The first-order chi connectivity index (χ1) is 8.95. The van der Waals surface area contributed by atoms with Gasteiger partial charge in [-0.1, -0.05) is 0 Å². The number of carbonyl (C=O) groups excluding carboxylic acids is 1. The van der Waals surface area contributed by atoms with E-state index in [9.17, 15) is 18.4 Å². The van der Waals surface area contributed by atoms with Gasteiger partial charge >= 0.3 is 5.97 Å². The molecule has 1 atom stereocenters. The molecule has 19 heavy (non-hydrogen) atoms. The van der Waals surface area contributed by atoms with Crippen LogP contribution in [0.4, 0.5) is 8.78 Å². The van der Waals surface area contributed by atoms with E-state index < -0.39 is 35.3 Å². The van der Waals surface area contributed by atoms with Crippen molar-refractivity contribution in [1.82, 2.24) is 10.3 Å². The molecule has 0 aliphatic heterocycles. The van der Waals surface area contributed by atoms with Gasteiger partial charge in [-0.2, -0.15) is 4.39 Å². The number of rotatable bonds is 6. The largest absolute Gasteiger partial charge is 0.481 e. The zero-order chi connectivity index (χ0) is 14.4. The fourth-order valence-electron chi connectivity index (χ4n) is 1.33. The lowest BCUT2D eigenvalue weighted by molar-refractivity contribution is -0.139. The average Bonchev–Trinajstić information content (AvgIpc) is 2.37. The molecule has 8 heteroatoms. The van der Waals surface area contributed by atoms with Crippen LogP contribution in [0, 0.1) is 11.8 Å². The van der Waals surface area contributed by atoms with Gasteiger partial charge in [0, 0.05) is 19.9 Å². The average molecular weight is 274 g/mol. The Morgan fingerprint density at radius 2 is 2.21 bits per heavy atom. The molecule has 0 spiro atoms. The number of aromatic nitrogens is 1. The summed E-state index contributed by atoms with van der Waals surface area (Å²) in [5, 5.41) is 10.8. The third-order valence-corrected chi connectivity index (χ3v) is 2.32. The summed E-state index contributed by atoms with van der Waals surface area (Å²) in [7, 11) is 1.28. The van der Waals surface area contributed by atoms with Gasteiger partial charge in [-0.15, -0.1) is 0 Å². The minimum Gasteiger partial charge on any atom is -0.481 e. The number of halogens is 2. The quantitative estimate of drug-likeness (QED) is 0.741. The van der Waals surface area contributed by atoms with Crippen LogP contribution in [0.1, 0.15) is 16.8 Å². The molecule has 0 radical (unpaired) electrons.